The van der Waals surface area contributed by atoms with Gasteiger partial charge in [-0.3, -0.25) is 0 Å². The van der Waals surface area contributed by atoms with Gasteiger partial charge in [0.1, 0.15) is 0 Å². The monoisotopic (exact) mass is 173 g/mol. The van der Waals surface area contributed by atoms with E-state index in [1.54, 1.807) is 0 Å². The smallest absolute Gasteiger partial charge is 0.0172 e. The van der Waals surface area contributed by atoms with E-state index in [4.69, 9.17) is 0 Å². The van der Waals surface area contributed by atoms with E-state index in [1.165, 1.54) is 44.5 Å². The van der Waals surface area contributed by atoms with Gasteiger partial charge >= 0.3 is 0 Å². The lowest BCUT2D eigenvalue weighted by Gasteiger charge is -2.21. The first-order valence-corrected chi connectivity index (χ1v) is 5.80. The fourth-order valence-electron chi connectivity index (χ4n) is 1.41. The third-order valence-electron chi connectivity index (χ3n) is 2.07. The van der Waals surface area contributed by atoms with Gasteiger partial charge in [-0.15, -0.1) is 0 Å². The number of hydrogen-bond donors (Lipinski definition) is 1. The molecule has 0 radical (unpaired) electrons. The van der Waals surface area contributed by atoms with Crippen molar-refractivity contribution in [2.75, 3.05) is 18.8 Å². The van der Waals surface area contributed by atoms with Crippen LogP contribution in [0.5, 0.6) is 0 Å². The minimum Gasteiger partial charge on any atom is -0.316 e. The summed E-state index contributed by atoms with van der Waals surface area (Å²) in [6, 6.07) is 0. The van der Waals surface area contributed by atoms with Gasteiger partial charge in [-0.25, -0.2) is 0 Å². The number of nitrogens with one attached hydrogen (secondary N) is 1. The Bertz CT molecular complexity index is 89.6. The van der Waals surface area contributed by atoms with Crippen LogP contribution in [0.3, 0.4) is 0 Å². The van der Waals surface area contributed by atoms with Crippen molar-refractivity contribution in [3.63, 3.8) is 0 Å². The molecule has 66 valence electrons. The summed E-state index contributed by atoms with van der Waals surface area (Å²) in [5.74, 6) is 1.39. The molecule has 0 aromatic carbocycles. The lowest BCUT2D eigenvalue weighted by Crippen LogP contribution is -2.27. The first-order valence-electron chi connectivity index (χ1n) is 4.76. The highest BCUT2D eigenvalue weighted by atomic mass is 32.2. The lowest BCUT2D eigenvalue weighted by atomic mass is 10.2. The Labute approximate surface area is 74.3 Å². The zero-order valence-electron chi connectivity index (χ0n) is 7.44. The molecule has 0 aromatic heterocycles. The molecule has 1 nitrogen and oxygen atoms in total. The maximum absolute atomic E-state index is 3.48. The summed E-state index contributed by atoms with van der Waals surface area (Å²) in [5, 5.41) is 4.40. The first kappa shape index (κ1) is 9.40. The molecule has 2 heteroatoms. The predicted octanol–water partition coefficient (Wildman–Crippen LogP) is 2.27. The second-order valence-electron chi connectivity index (χ2n) is 3.19. The maximum Gasteiger partial charge on any atom is 0.0172 e. The molecule has 0 aromatic rings. The summed E-state index contributed by atoms with van der Waals surface area (Å²) in [6.07, 6.45) is 5.58. The van der Waals surface area contributed by atoms with Crippen LogP contribution in [-0.4, -0.2) is 24.1 Å². The molecule has 1 aliphatic heterocycles. The van der Waals surface area contributed by atoms with E-state index >= 15 is 0 Å². The minimum absolute atomic E-state index is 0.912. The molecule has 1 fully saturated rings. The average Bonchev–Trinajstić information content (AvgIpc) is 2.07. The summed E-state index contributed by atoms with van der Waals surface area (Å²) in [4.78, 5) is 0. The van der Waals surface area contributed by atoms with Crippen molar-refractivity contribution in [2.45, 2.75) is 37.9 Å². The highest BCUT2D eigenvalue weighted by Crippen LogP contribution is 2.23. The molecule has 0 bridgehead atoms. The molecule has 1 saturated heterocycles. The average molecular weight is 173 g/mol. The quantitative estimate of drug-likeness (QED) is 0.655. The van der Waals surface area contributed by atoms with Crippen molar-refractivity contribution in [1.29, 1.82) is 0 Å². The first-order chi connectivity index (χ1) is 5.43. The van der Waals surface area contributed by atoms with Gasteiger partial charge in [0, 0.05) is 11.8 Å². The van der Waals surface area contributed by atoms with Crippen molar-refractivity contribution in [1.82, 2.24) is 5.32 Å². The number of thioether (sulfide) groups is 1. The fraction of sp³-hybridized carbons (Fsp3) is 1.00. The topological polar surface area (TPSA) is 12.0 Å². The second-order valence-corrected chi connectivity index (χ2v) is 4.60. The van der Waals surface area contributed by atoms with Gasteiger partial charge in [0.15, 0.2) is 0 Å². The van der Waals surface area contributed by atoms with E-state index in [0.717, 1.165) is 5.25 Å². The molecule has 1 N–H and O–H groups in total. The van der Waals surface area contributed by atoms with Crippen LogP contribution in [0, 0.1) is 0 Å². The molecule has 0 spiro atoms. The fourth-order valence-corrected chi connectivity index (χ4v) is 2.68. The van der Waals surface area contributed by atoms with Crippen LogP contribution in [-0.2, 0) is 0 Å². The van der Waals surface area contributed by atoms with Crippen LogP contribution >= 0.6 is 11.8 Å². The summed E-state index contributed by atoms with van der Waals surface area (Å²) in [5.41, 5.74) is 0. The molecular formula is C9H19NS. The summed E-state index contributed by atoms with van der Waals surface area (Å²) >= 11 is 2.15. The number of hydrogen-bond acceptors (Lipinski definition) is 2. The highest BCUT2D eigenvalue weighted by molar-refractivity contribution is 7.99. The van der Waals surface area contributed by atoms with Gasteiger partial charge < -0.3 is 5.32 Å². The van der Waals surface area contributed by atoms with E-state index in [1.807, 2.05) is 0 Å². The Hall–Kier alpha value is 0.310. The zero-order valence-corrected chi connectivity index (χ0v) is 8.25. The van der Waals surface area contributed by atoms with E-state index in [0.29, 0.717) is 0 Å². The molecule has 11 heavy (non-hydrogen) atoms. The van der Waals surface area contributed by atoms with Crippen LogP contribution < -0.4 is 5.32 Å². The normalized spacial score (nSPS) is 25.4. The molecule has 1 heterocycles. The van der Waals surface area contributed by atoms with Gasteiger partial charge in [0.2, 0.25) is 0 Å². The van der Waals surface area contributed by atoms with Gasteiger partial charge in [-0.2, -0.15) is 11.8 Å². The van der Waals surface area contributed by atoms with Gasteiger partial charge in [-0.05, 0) is 31.6 Å². The Morgan fingerprint density at radius 2 is 2.36 bits per heavy atom. The lowest BCUT2D eigenvalue weighted by molar-refractivity contribution is 0.594. The van der Waals surface area contributed by atoms with E-state index in [2.05, 4.69) is 24.0 Å². The Balaban J connectivity index is 1.96. The second kappa shape index (κ2) is 5.90. The molecule has 1 atom stereocenters. The van der Waals surface area contributed by atoms with Crippen molar-refractivity contribution in [3.05, 3.63) is 0 Å². The molecule has 0 aliphatic carbocycles. The number of rotatable bonds is 4. The Morgan fingerprint density at radius 1 is 1.45 bits per heavy atom. The molecule has 1 unspecified atom stereocenters. The van der Waals surface area contributed by atoms with Crippen LogP contribution in [0.25, 0.3) is 0 Å². The van der Waals surface area contributed by atoms with Crippen LogP contribution in [0.2, 0.25) is 0 Å². The maximum atomic E-state index is 3.48. The van der Waals surface area contributed by atoms with Gasteiger partial charge in [-0.1, -0.05) is 13.3 Å². The van der Waals surface area contributed by atoms with Crippen molar-refractivity contribution < 1.29 is 0 Å². The molecule has 1 rings (SSSR count). The van der Waals surface area contributed by atoms with Crippen LogP contribution in [0.1, 0.15) is 32.6 Å². The van der Waals surface area contributed by atoms with Crippen LogP contribution in [0.15, 0.2) is 0 Å². The van der Waals surface area contributed by atoms with E-state index < -0.39 is 0 Å². The van der Waals surface area contributed by atoms with Gasteiger partial charge in [0.25, 0.3) is 0 Å². The molecular weight excluding hydrogens is 154 g/mol. The van der Waals surface area contributed by atoms with Crippen LogP contribution in [0.4, 0.5) is 0 Å². The Kier molecular flexibility index (Phi) is 5.04. The largest absolute Gasteiger partial charge is 0.316 e. The zero-order chi connectivity index (χ0) is 7.94. The Morgan fingerprint density at radius 3 is 3.00 bits per heavy atom. The van der Waals surface area contributed by atoms with Crippen molar-refractivity contribution in [3.8, 4) is 0 Å². The minimum atomic E-state index is 0.912. The van der Waals surface area contributed by atoms with Crippen molar-refractivity contribution in [2.24, 2.45) is 0 Å². The summed E-state index contributed by atoms with van der Waals surface area (Å²) in [7, 11) is 0. The predicted molar refractivity (Wildman–Crippen MR) is 53.3 cm³/mol. The van der Waals surface area contributed by atoms with E-state index in [9.17, 15) is 0 Å². The van der Waals surface area contributed by atoms with E-state index in [-0.39, 0.29) is 0 Å². The standard InChI is InChI=1S/C9H19NS/c1-2-6-10-8-9-5-3-4-7-11-9/h9-10H,2-8H2,1H3. The van der Waals surface area contributed by atoms with Gasteiger partial charge in [0.05, 0.1) is 0 Å². The third kappa shape index (κ3) is 4.02. The highest BCUT2D eigenvalue weighted by Gasteiger charge is 2.12. The van der Waals surface area contributed by atoms with Crippen molar-refractivity contribution >= 4 is 11.8 Å². The molecule has 0 amide bonds. The third-order valence-corrected chi connectivity index (χ3v) is 3.47. The molecule has 0 saturated carbocycles. The molecule has 1 aliphatic rings. The summed E-state index contributed by atoms with van der Waals surface area (Å²) < 4.78 is 0. The summed E-state index contributed by atoms with van der Waals surface area (Å²) in [6.45, 7) is 4.65. The SMILES string of the molecule is CCCNCC1CCCCS1.